The minimum absolute atomic E-state index is 0.0667. The van der Waals surface area contributed by atoms with Crippen LogP contribution in [0.25, 0.3) is 0 Å². The van der Waals surface area contributed by atoms with Crippen LogP contribution in [0.1, 0.15) is 35.6 Å². The van der Waals surface area contributed by atoms with E-state index in [2.05, 4.69) is 0 Å². The third-order valence-corrected chi connectivity index (χ3v) is 8.27. The van der Waals surface area contributed by atoms with Crippen LogP contribution in [0.2, 0.25) is 0 Å². The van der Waals surface area contributed by atoms with Gasteiger partial charge in [0, 0.05) is 30.2 Å². The van der Waals surface area contributed by atoms with Gasteiger partial charge in [0.05, 0.1) is 0 Å². The second-order valence-electron chi connectivity index (χ2n) is 10.8. The highest BCUT2D eigenvalue weighted by molar-refractivity contribution is 5.89. The van der Waals surface area contributed by atoms with Gasteiger partial charge in [0.25, 0.3) is 11.5 Å². The first-order valence-corrected chi connectivity index (χ1v) is 13.3. The molecule has 1 aliphatic heterocycles. The molecule has 1 aliphatic rings. The van der Waals surface area contributed by atoms with Crippen molar-refractivity contribution in [1.82, 2.24) is 4.90 Å². The molecule has 0 spiro atoms. The van der Waals surface area contributed by atoms with Crippen LogP contribution in [0.15, 0.2) is 121 Å². The number of amides is 1. The second-order valence-corrected chi connectivity index (χ2v) is 10.8. The van der Waals surface area contributed by atoms with Crippen molar-refractivity contribution in [3.8, 4) is 0 Å². The normalized spacial score (nSPS) is 20.2. The number of benzene rings is 4. The Hall–Kier alpha value is -3.90. The monoisotopic (exact) mass is 543 g/mol. The molecule has 2 atom stereocenters. The quantitative estimate of drug-likeness (QED) is 0.245. The molecule has 1 saturated heterocycles. The minimum Gasteiger partial charge on any atom is -0.356 e. The van der Waals surface area contributed by atoms with Crippen LogP contribution in [0, 0.1) is 0 Å². The summed E-state index contributed by atoms with van der Waals surface area (Å²) in [4.78, 5) is 16.0. The van der Waals surface area contributed by atoms with Crippen LogP contribution in [-0.4, -0.2) is 36.2 Å². The molecule has 5 rings (SSSR count). The Morgan fingerprint density at radius 1 is 0.775 bits per heavy atom. The van der Waals surface area contributed by atoms with E-state index >= 15 is 13.2 Å². The molecule has 1 heterocycles. The van der Waals surface area contributed by atoms with E-state index < -0.39 is 28.6 Å². The van der Waals surface area contributed by atoms with E-state index in [0.29, 0.717) is 12.8 Å². The Kier molecular flexibility index (Phi) is 7.32. The molecule has 0 radical (unpaired) electrons. The second kappa shape index (κ2) is 10.6. The molecule has 0 N–H and O–H groups in total. The van der Waals surface area contributed by atoms with E-state index in [-0.39, 0.29) is 12.1 Å². The van der Waals surface area contributed by atoms with Gasteiger partial charge in [-0.3, -0.25) is 4.79 Å². The molecule has 3 nitrogen and oxygen atoms in total. The number of nitrogens with zero attached hydrogens (tertiary/aromatic N) is 1. The zero-order chi connectivity index (χ0) is 28.4. The Balaban J connectivity index is 1.73. The van der Waals surface area contributed by atoms with Crippen molar-refractivity contribution < 1.29 is 22.7 Å². The fourth-order valence-corrected chi connectivity index (χ4v) is 6.43. The Morgan fingerprint density at radius 2 is 1.23 bits per heavy atom. The molecule has 0 saturated carbocycles. The van der Waals surface area contributed by atoms with Crippen LogP contribution in [0.3, 0.4) is 0 Å². The molecule has 1 amide bonds. The van der Waals surface area contributed by atoms with Crippen molar-refractivity contribution in [2.24, 2.45) is 0 Å². The van der Waals surface area contributed by atoms with E-state index in [1.165, 1.54) is 29.2 Å². The highest BCUT2D eigenvalue weighted by Gasteiger charge is 2.67. The molecule has 0 aliphatic carbocycles. The third-order valence-electron chi connectivity index (χ3n) is 8.27. The lowest BCUT2D eigenvalue weighted by molar-refractivity contribution is -0.271. The molecule has 206 valence electrons. The number of carbonyl (C=O) groups is 1. The number of alkyl halides is 3. The maximum atomic E-state index is 15.1. The van der Waals surface area contributed by atoms with Crippen LogP contribution in [-0.2, 0) is 27.0 Å². The van der Waals surface area contributed by atoms with Gasteiger partial charge in [-0.1, -0.05) is 121 Å². The van der Waals surface area contributed by atoms with Gasteiger partial charge < -0.3 is 9.64 Å². The molecule has 1 fully saturated rings. The summed E-state index contributed by atoms with van der Waals surface area (Å²) in [6, 6.07) is 36.3. The fraction of sp³-hybridized carbons (Fsp3) is 0.265. The molecule has 40 heavy (non-hydrogen) atoms. The molecular formula is C34H32F3NO2. The highest BCUT2D eigenvalue weighted by atomic mass is 19.4. The number of hydrogen-bond acceptors (Lipinski definition) is 2. The first-order valence-electron chi connectivity index (χ1n) is 13.3. The minimum atomic E-state index is -5.00. The van der Waals surface area contributed by atoms with Crippen LogP contribution in [0.4, 0.5) is 13.2 Å². The SMILES string of the molecule is CO[C@@](C(=O)N1CC(c2ccccc2)(c2ccccc2)C[C@@]1(C)Cc1ccccc1)(c1ccccc1)C(F)(F)F. The van der Waals surface area contributed by atoms with Gasteiger partial charge in [-0.15, -0.1) is 0 Å². The largest absolute Gasteiger partial charge is 0.430 e. The lowest BCUT2D eigenvalue weighted by Gasteiger charge is -2.42. The van der Waals surface area contributed by atoms with Crippen LogP contribution < -0.4 is 0 Å². The summed E-state index contributed by atoms with van der Waals surface area (Å²) in [6.45, 7) is 1.96. The predicted octanol–water partition coefficient (Wildman–Crippen LogP) is 7.31. The smallest absolute Gasteiger partial charge is 0.356 e. The molecule has 6 heteroatoms. The van der Waals surface area contributed by atoms with Gasteiger partial charge >= 0.3 is 6.18 Å². The summed E-state index contributed by atoms with van der Waals surface area (Å²) >= 11 is 0. The van der Waals surface area contributed by atoms with E-state index in [4.69, 9.17) is 4.74 Å². The van der Waals surface area contributed by atoms with Gasteiger partial charge in [0.2, 0.25) is 0 Å². The summed E-state index contributed by atoms with van der Waals surface area (Å²) in [6.07, 6.45) is -4.19. The molecule has 0 aromatic heterocycles. The van der Waals surface area contributed by atoms with Crippen molar-refractivity contribution in [2.75, 3.05) is 13.7 Å². The van der Waals surface area contributed by atoms with Crippen molar-refractivity contribution >= 4 is 5.91 Å². The number of carbonyl (C=O) groups excluding carboxylic acids is 1. The Labute approximate surface area is 233 Å². The Bertz CT molecular complexity index is 1390. The number of halogens is 3. The maximum Gasteiger partial charge on any atom is 0.430 e. The predicted molar refractivity (Wildman–Crippen MR) is 150 cm³/mol. The number of ether oxygens (including phenoxy) is 1. The van der Waals surface area contributed by atoms with Gasteiger partial charge in [0.1, 0.15) is 0 Å². The molecule has 0 unspecified atom stereocenters. The van der Waals surface area contributed by atoms with Crippen LogP contribution in [0.5, 0.6) is 0 Å². The van der Waals surface area contributed by atoms with Gasteiger partial charge in [-0.25, -0.2) is 0 Å². The number of likely N-dealkylation sites (tertiary alicyclic amines) is 1. The summed E-state index contributed by atoms with van der Waals surface area (Å²) in [5, 5.41) is 0. The van der Waals surface area contributed by atoms with Gasteiger partial charge in [-0.2, -0.15) is 13.2 Å². The third kappa shape index (κ3) is 4.60. The Morgan fingerprint density at radius 3 is 1.68 bits per heavy atom. The van der Waals surface area contributed by atoms with E-state index in [1.54, 1.807) is 6.07 Å². The maximum absolute atomic E-state index is 15.1. The zero-order valence-corrected chi connectivity index (χ0v) is 22.6. The number of rotatable bonds is 7. The van der Waals surface area contributed by atoms with E-state index in [1.807, 2.05) is 97.9 Å². The average molecular weight is 544 g/mol. The summed E-state index contributed by atoms with van der Waals surface area (Å²) in [7, 11) is 0.963. The first-order chi connectivity index (χ1) is 19.2. The summed E-state index contributed by atoms with van der Waals surface area (Å²) < 4.78 is 50.6. The molecule has 4 aromatic rings. The fourth-order valence-electron chi connectivity index (χ4n) is 6.43. The standard InChI is InChI=1S/C34H32F3NO2/c1-31(23-26-15-7-3-8-16-26)24-32(27-17-9-4-10-18-27,28-19-11-5-12-20-28)25-38(31)30(39)33(40-2,34(35,36)37)29-21-13-6-14-22-29/h3-22H,23-25H2,1-2H3/t31-,33-/m1/s1. The van der Waals surface area contributed by atoms with Crippen molar-refractivity contribution in [2.45, 2.75) is 42.5 Å². The lowest BCUT2D eigenvalue weighted by atomic mass is 9.70. The van der Waals surface area contributed by atoms with Crippen LogP contribution >= 0.6 is 0 Å². The van der Waals surface area contributed by atoms with E-state index in [9.17, 15) is 4.79 Å². The molecule has 0 bridgehead atoms. The summed E-state index contributed by atoms with van der Waals surface area (Å²) in [5.74, 6) is -1.11. The summed E-state index contributed by atoms with van der Waals surface area (Å²) in [5.41, 5.74) is -2.26. The number of hydrogen-bond donors (Lipinski definition) is 0. The first kappa shape index (κ1) is 27.7. The zero-order valence-electron chi connectivity index (χ0n) is 22.6. The highest BCUT2D eigenvalue weighted by Crippen LogP contribution is 2.53. The van der Waals surface area contributed by atoms with Gasteiger partial charge in [0.15, 0.2) is 0 Å². The molecular weight excluding hydrogens is 511 g/mol. The van der Waals surface area contributed by atoms with Crippen molar-refractivity contribution in [3.05, 3.63) is 144 Å². The van der Waals surface area contributed by atoms with E-state index in [0.717, 1.165) is 23.8 Å². The lowest BCUT2D eigenvalue weighted by Crippen LogP contribution is -2.60. The topological polar surface area (TPSA) is 29.5 Å². The average Bonchev–Trinajstić information content (AvgIpc) is 3.28. The van der Waals surface area contributed by atoms with Gasteiger partial charge in [-0.05, 0) is 36.5 Å². The van der Waals surface area contributed by atoms with Crippen molar-refractivity contribution in [1.29, 1.82) is 0 Å². The van der Waals surface area contributed by atoms with Crippen molar-refractivity contribution in [3.63, 3.8) is 0 Å². The molecule has 4 aromatic carbocycles. The number of methoxy groups -OCH3 is 1.